The van der Waals surface area contributed by atoms with Gasteiger partial charge < -0.3 is 0 Å². The zero-order valence-corrected chi connectivity index (χ0v) is 13.5. The van der Waals surface area contributed by atoms with Crippen LogP contribution >= 0.6 is 11.6 Å². The molecule has 0 aromatic heterocycles. The summed E-state index contributed by atoms with van der Waals surface area (Å²) in [4.78, 5) is 0. The molecule has 1 unspecified atom stereocenters. The molecule has 0 aliphatic carbocycles. The summed E-state index contributed by atoms with van der Waals surface area (Å²) in [6.45, 7) is 9.48. The molecule has 1 fully saturated rings. The molecule has 0 amide bonds. The smallest absolute Gasteiger partial charge is 0.212 e. The molecule has 0 aromatic carbocycles. The molecule has 0 spiro atoms. The molecule has 0 N–H and O–H groups in total. The van der Waals surface area contributed by atoms with Gasteiger partial charge in [0.1, 0.15) is 0 Å². The third-order valence-electron chi connectivity index (χ3n) is 3.65. The first kappa shape index (κ1) is 16.3. The number of sulfonamides is 1. The van der Waals surface area contributed by atoms with E-state index in [1.807, 2.05) is 6.92 Å². The fourth-order valence-electron chi connectivity index (χ4n) is 2.18. The molecule has 1 aliphatic heterocycles. The molecule has 1 aliphatic rings. The van der Waals surface area contributed by atoms with Crippen molar-refractivity contribution in [2.45, 2.75) is 52.3 Å². The number of alkyl halides is 1. The van der Waals surface area contributed by atoms with E-state index in [1.165, 1.54) is 0 Å². The lowest BCUT2D eigenvalue weighted by Crippen LogP contribution is -2.41. The highest BCUT2D eigenvalue weighted by atomic mass is 35.5. The Kier molecular flexibility index (Phi) is 5.51. The van der Waals surface area contributed by atoms with Gasteiger partial charge in [0.05, 0.1) is 5.75 Å². The number of hydrogen-bond donors (Lipinski definition) is 0. The summed E-state index contributed by atoms with van der Waals surface area (Å²) in [5.41, 5.74) is 0.0655. The maximum atomic E-state index is 12.2. The van der Waals surface area contributed by atoms with E-state index in [9.17, 15) is 8.42 Å². The van der Waals surface area contributed by atoms with Crippen LogP contribution in [0, 0.1) is 11.3 Å². The predicted molar refractivity (Wildman–Crippen MR) is 77.5 cm³/mol. The minimum absolute atomic E-state index is 0.0655. The highest BCUT2D eigenvalue weighted by Gasteiger charge is 2.30. The molecule has 18 heavy (non-hydrogen) atoms. The largest absolute Gasteiger partial charge is 0.214 e. The van der Waals surface area contributed by atoms with Gasteiger partial charge in [-0.15, -0.1) is 11.6 Å². The van der Waals surface area contributed by atoms with Crippen molar-refractivity contribution in [2.24, 2.45) is 11.3 Å². The van der Waals surface area contributed by atoms with Crippen molar-refractivity contribution in [1.82, 2.24) is 4.31 Å². The Hall–Kier alpha value is 0.200. The summed E-state index contributed by atoms with van der Waals surface area (Å²) in [5.74, 6) is 0.721. The molecule has 0 saturated carbocycles. The second-order valence-electron chi connectivity index (χ2n) is 6.54. The minimum Gasteiger partial charge on any atom is -0.212 e. The summed E-state index contributed by atoms with van der Waals surface area (Å²) in [7, 11) is -3.08. The third kappa shape index (κ3) is 5.06. The van der Waals surface area contributed by atoms with Crippen LogP contribution in [0.1, 0.15) is 47.0 Å². The van der Waals surface area contributed by atoms with Crippen molar-refractivity contribution in [2.75, 3.05) is 18.8 Å². The number of hydrogen-bond acceptors (Lipinski definition) is 2. The first-order chi connectivity index (χ1) is 8.12. The monoisotopic (exact) mass is 295 g/mol. The number of rotatable bonds is 4. The summed E-state index contributed by atoms with van der Waals surface area (Å²) in [6, 6.07) is 0. The van der Waals surface area contributed by atoms with Crippen LogP contribution < -0.4 is 0 Å². The zero-order valence-electron chi connectivity index (χ0n) is 11.9. The average Bonchev–Trinajstić information content (AvgIpc) is 2.26. The van der Waals surface area contributed by atoms with E-state index >= 15 is 0 Å². The Bertz CT molecular complexity index is 352. The molecule has 1 heterocycles. The van der Waals surface area contributed by atoms with Gasteiger partial charge in [-0.3, -0.25) is 0 Å². The van der Waals surface area contributed by atoms with Gasteiger partial charge in [-0.25, -0.2) is 12.7 Å². The Morgan fingerprint density at radius 3 is 2.17 bits per heavy atom. The van der Waals surface area contributed by atoms with Crippen LogP contribution in [0.15, 0.2) is 0 Å². The van der Waals surface area contributed by atoms with Crippen LogP contribution in [0.5, 0.6) is 0 Å². The van der Waals surface area contributed by atoms with Crippen LogP contribution in [0.3, 0.4) is 0 Å². The van der Waals surface area contributed by atoms with Crippen LogP contribution in [-0.4, -0.2) is 36.9 Å². The van der Waals surface area contributed by atoms with E-state index in [-0.39, 0.29) is 16.5 Å². The topological polar surface area (TPSA) is 37.4 Å². The van der Waals surface area contributed by atoms with Crippen LogP contribution in [0.2, 0.25) is 0 Å². The predicted octanol–water partition coefficient (Wildman–Crippen LogP) is 3.09. The molecule has 5 heteroatoms. The third-order valence-corrected chi connectivity index (χ3v) is 5.88. The first-order valence-corrected chi connectivity index (χ1v) is 8.78. The van der Waals surface area contributed by atoms with E-state index in [4.69, 9.17) is 11.6 Å². The SMILES string of the molecule is CC(Cl)C1CCN(S(=O)(=O)CCC(C)(C)C)CC1. The summed E-state index contributed by atoms with van der Waals surface area (Å²) in [5, 5.41) is 0.143. The van der Waals surface area contributed by atoms with E-state index in [1.54, 1.807) is 4.31 Å². The lowest BCUT2D eigenvalue weighted by molar-refractivity contribution is 0.270. The maximum Gasteiger partial charge on any atom is 0.214 e. The van der Waals surface area contributed by atoms with Crippen molar-refractivity contribution in [3.63, 3.8) is 0 Å². The fraction of sp³-hybridized carbons (Fsp3) is 1.00. The molecule has 3 nitrogen and oxygen atoms in total. The fourth-order valence-corrected chi connectivity index (χ4v) is 4.33. The average molecular weight is 296 g/mol. The van der Waals surface area contributed by atoms with Gasteiger partial charge in [-0.05, 0) is 37.5 Å². The van der Waals surface area contributed by atoms with Crippen LogP contribution in [-0.2, 0) is 10.0 Å². The lowest BCUT2D eigenvalue weighted by atomic mass is 9.94. The second-order valence-corrected chi connectivity index (χ2v) is 9.32. The summed E-state index contributed by atoms with van der Waals surface area (Å²) >= 11 is 6.07. The first-order valence-electron chi connectivity index (χ1n) is 6.74. The van der Waals surface area contributed by atoms with Crippen LogP contribution in [0.25, 0.3) is 0 Å². The molecule has 0 aromatic rings. The second kappa shape index (κ2) is 6.10. The van der Waals surface area contributed by atoms with Gasteiger partial charge in [0.15, 0.2) is 0 Å². The summed E-state index contributed by atoms with van der Waals surface area (Å²) < 4.78 is 26.1. The normalized spacial score (nSPS) is 22.1. The van der Waals surface area contributed by atoms with Crippen molar-refractivity contribution in [3.8, 4) is 0 Å². The Morgan fingerprint density at radius 2 is 1.78 bits per heavy atom. The molecule has 108 valence electrons. The van der Waals surface area contributed by atoms with Gasteiger partial charge in [0.25, 0.3) is 0 Å². The van der Waals surface area contributed by atoms with Crippen molar-refractivity contribution < 1.29 is 8.42 Å². The van der Waals surface area contributed by atoms with E-state index < -0.39 is 10.0 Å². The van der Waals surface area contributed by atoms with Gasteiger partial charge in [-0.1, -0.05) is 20.8 Å². The molecule has 0 bridgehead atoms. The highest BCUT2D eigenvalue weighted by Crippen LogP contribution is 2.27. The van der Waals surface area contributed by atoms with Gasteiger partial charge >= 0.3 is 0 Å². The number of piperidine rings is 1. The van der Waals surface area contributed by atoms with E-state index in [2.05, 4.69) is 20.8 Å². The highest BCUT2D eigenvalue weighted by molar-refractivity contribution is 7.89. The van der Waals surface area contributed by atoms with Crippen molar-refractivity contribution in [1.29, 1.82) is 0 Å². The molecule has 0 radical (unpaired) electrons. The van der Waals surface area contributed by atoms with Crippen molar-refractivity contribution >= 4 is 21.6 Å². The standard InChI is InChI=1S/C13H26ClNO2S/c1-11(14)12-5-8-15(9-6-12)18(16,17)10-7-13(2,3)4/h11-12H,5-10H2,1-4H3. The minimum atomic E-state index is -3.08. The zero-order chi connectivity index (χ0) is 14.0. The number of halogens is 1. The Labute approximate surface area is 117 Å². The number of nitrogens with zero attached hydrogens (tertiary/aromatic N) is 1. The Balaban J connectivity index is 2.51. The molecule has 1 atom stereocenters. The quantitative estimate of drug-likeness (QED) is 0.748. The summed E-state index contributed by atoms with van der Waals surface area (Å²) in [6.07, 6.45) is 2.49. The van der Waals surface area contributed by atoms with Crippen LogP contribution in [0.4, 0.5) is 0 Å². The lowest BCUT2D eigenvalue weighted by Gasteiger charge is -2.33. The van der Waals surface area contributed by atoms with Crippen molar-refractivity contribution in [3.05, 3.63) is 0 Å². The Morgan fingerprint density at radius 1 is 1.28 bits per heavy atom. The molecule has 1 saturated heterocycles. The van der Waals surface area contributed by atoms with Gasteiger partial charge in [0, 0.05) is 18.5 Å². The maximum absolute atomic E-state index is 12.2. The van der Waals surface area contributed by atoms with Gasteiger partial charge in [-0.2, -0.15) is 0 Å². The van der Waals surface area contributed by atoms with Gasteiger partial charge in [0.2, 0.25) is 10.0 Å². The molecule has 1 rings (SSSR count). The molecular weight excluding hydrogens is 270 g/mol. The van der Waals surface area contributed by atoms with E-state index in [0.717, 1.165) is 12.8 Å². The van der Waals surface area contributed by atoms with E-state index in [0.29, 0.717) is 25.4 Å². The molecular formula is C13H26ClNO2S.